The fourth-order valence-corrected chi connectivity index (χ4v) is 3.97. The van der Waals surface area contributed by atoms with Crippen LogP contribution in [-0.2, 0) is 6.42 Å². The maximum atomic E-state index is 6.34. The van der Waals surface area contributed by atoms with Crippen LogP contribution < -0.4 is 10.6 Å². The van der Waals surface area contributed by atoms with E-state index < -0.39 is 0 Å². The number of hydrogen-bond donors (Lipinski definition) is 1. The third-order valence-electron chi connectivity index (χ3n) is 4.83. The molecule has 102 valence electrons. The largest absolute Gasteiger partial charge is 0.361 e. The summed E-state index contributed by atoms with van der Waals surface area (Å²) in [5, 5.41) is 0. The molecule has 0 saturated heterocycles. The van der Waals surface area contributed by atoms with Crippen molar-refractivity contribution in [2.24, 2.45) is 5.73 Å². The van der Waals surface area contributed by atoms with Crippen LogP contribution in [0.4, 0.5) is 5.69 Å². The fraction of sp³-hybridized carbons (Fsp3) is 0.333. The highest BCUT2D eigenvalue weighted by atomic mass is 15.2. The van der Waals surface area contributed by atoms with Gasteiger partial charge in [0.2, 0.25) is 0 Å². The number of hydrogen-bond acceptors (Lipinski definition) is 2. The molecule has 4 rings (SSSR count). The topological polar surface area (TPSA) is 29.3 Å². The normalized spacial score (nSPS) is 27.5. The van der Waals surface area contributed by atoms with Gasteiger partial charge in [-0.3, -0.25) is 0 Å². The van der Waals surface area contributed by atoms with Gasteiger partial charge in [0.25, 0.3) is 0 Å². The molecular weight excluding hydrogens is 244 g/mol. The minimum Gasteiger partial charge on any atom is -0.361 e. The molecule has 2 aliphatic rings. The quantitative estimate of drug-likeness (QED) is 0.853. The molecule has 0 radical (unpaired) electrons. The van der Waals surface area contributed by atoms with Gasteiger partial charge >= 0.3 is 0 Å². The summed E-state index contributed by atoms with van der Waals surface area (Å²) in [7, 11) is 0. The number of rotatable bonds is 1. The van der Waals surface area contributed by atoms with Crippen LogP contribution in [0.15, 0.2) is 48.5 Å². The van der Waals surface area contributed by atoms with E-state index in [1.165, 1.54) is 22.4 Å². The second-order valence-corrected chi connectivity index (χ2v) is 6.08. The molecule has 0 saturated carbocycles. The average Bonchev–Trinajstić information content (AvgIpc) is 2.96. The van der Waals surface area contributed by atoms with Gasteiger partial charge in [-0.15, -0.1) is 0 Å². The predicted molar refractivity (Wildman–Crippen MR) is 82.8 cm³/mol. The summed E-state index contributed by atoms with van der Waals surface area (Å²) in [6.45, 7) is 2.33. The van der Waals surface area contributed by atoms with Crippen molar-refractivity contribution in [1.29, 1.82) is 0 Å². The van der Waals surface area contributed by atoms with Gasteiger partial charge in [0.05, 0.1) is 6.04 Å². The first-order valence-electron chi connectivity index (χ1n) is 7.46. The predicted octanol–water partition coefficient (Wildman–Crippen LogP) is 3.58. The van der Waals surface area contributed by atoms with Crippen molar-refractivity contribution in [3.63, 3.8) is 0 Å². The Hall–Kier alpha value is -1.80. The van der Waals surface area contributed by atoms with Crippen molar-refractivity contribution in [3.05, 3.63) is 65.2 Å². The number of fused-ring (bicyclic) bond motifs is 2. The summed E-state index contributed by atoms with van der Waals surface area (Å²) in [4.78, 5) is 2.58. The van der Waals surface area contributed by atoms with E-state index in [1.54, 1.807) is 0 Å². The molecule has 0 bridgehead atoms. The molecule has 2 aromatic rings. The Balaban J connectivity index is 1.80. The first-order chi connectivity index (χ1) is 9.75. The second-order valence-electron chi connectivity index (χ2n) is 6.08. The summed E-state index contributed by atoms with van der Waals surface area (Å²) >= 11 is 0. The van der Waals surface area contributed by atoms with Crippen LogP contribution in [0.5, 0.6) is 0 Å². The zero-order chi connectivity index (χ0) is 13.7. The summed E-state index contributed by atoms with van der Waals surface area (Å²) < 4.78 is 0. The Kier molecular flexibility index (Phi) is 2.61. The maximum absolute atomic E-state index is 6.34. The van der Waals surface area contributed by atoms with Crippen molar-refractivity contribution >= 4 is 5.69 Å². The van der Waals surface area contributed by atoms with Crippen LogP contribution in [0.2, 0.25) is 0 Å². The molecule has 2 heteroatoms. The Labute approximate surface area is 120 Å². The van der Waals surface area contributed by atoms with E-state index in [0.29, 0.717) is 12.1 Å². The highest BCUT2D eigenvalue weighted by Crippen LogP contribution is 2.46. The number of anilines is 1. The molecule has 0 spiro atoms. The number of benzene rings is 2. The summed E-state index contributed by atoms with van der Waals surface area (Å²) in [6.07, 6.45) is 2.17. The van der Waals surface area contributed by atoms with Gasteiger partial charge in [-0.1, -0.05) is 42.5 Å². The first-order valence-corrected chi connectivity index (χ1v) is 7.46. The highest BCUT2D eigenvalue weighted by molar-refractivity contribution is 5.62. The molecule has 20 heavy (non-hydrogen) atoms. The minimum absolute atomic E-state index is 0.177. The summed E-state index contributed by atoms with van der Waals surface area (Å²) in [5.74, 6) is 0. The lowest BCUT2D eigenvalue weighted by atomic mass is 10.1. The van der Waals surface area contributed by atoms with Crippen LogP contribution in [0.25, 0.3) is 0 Å². The molecule has 3 atom stereocenters. The van der Waals surface area contributed by atoms with Gasteiger partial charge < -0.3 is 10.6 Å². The average molecular weight is 264 g/mol. The smallest absolute Gasteiger partial charge is 0.0567 e. The van der Waals surface area contributed by atoms with Crippen molar-refractivity contribution < 1.29 is 0 Å². The number of nitrogens with two attached hydrogens (primary N) is 1. The fourth-order valence-electron chi connectivity index (χ4n) is 3.97. The van der Waals surface area contributed by atoms with Gasteiger partial charge in [-0.05, 0) is 42.5 Å². The Morgan fingerprint density at radius 2 is 1.70 bits per heavy atom. The second kappa shape index (κ2) is 4.35. The van der Waals surface area contributed by atoms with Gasteiger partial charge in [0.1, 0.15) is 0 Å². The van der Waals surface area contributed by atoms with E-state index in [0.717, 1.165) is 12.8 Å². The van der Waals surface area contributed by atoms with Gasteiger partial charge in [-0.2, -0.15) is 0 Å². The van der Waals surface area contributed by atoms with Crippen molar-refractivity contribution in [2.75, 3.05) is 4.90 Å². The molecule has 3 unspecified atom stereocenters. The summed E-state index contributed by atoms with van der Waals surface area (Å²) in [5.41, 5.74) is 12.0. The Morgan fingerprint density at radius 1 is 1.00 bits per heavy atom. The van der Waals surface area contributed by atoms with E-state index in [9.17, 15) is 0 Å². The van der Waals surface area contributed by atoms with Crippen molar-refractivity contribution in [1.82, 2.24) is 0 Å². The third-order valence-corrected chi connectivity index (χ3v) is 4.83. The molecule has 0 aromatic heterocycles. The molecule has 0 fully saturated rings. The Bertz CT molecular complexity index is 649. The lowest BCUT2D eigenvalue weighted by Gasteiger charge is -2.32. The van der Waals surface area contributed by atoms with E-state index >= 15 is 0 Å². The van der Waals surface area contributed by atoms with Gasteiger partial charge in [0, 0.05) is 17.8 Å². The monoisotopic (exact) mass is 264 g/mol. The van der Waals surface area contributed by atoms with Crippen LogP contribution in [0.1, 0.15) is 42.1 Å². The molecular formula is C18H20N2. The standard InChI is InChI=1S/C18H20N2/c1-12-10-13-6-2-5-9-17(13)20(12)18-11-16(19)14-7-3-4-8-15(14)18/h2-9,12,16,18H,10-11,19H2,1H3. The van der Waals surface area contributed by atoms with E-state index in [1.807, 2.05) is 0 Å². The SMILES string of the molecule is CC1Cc2ccccc2N1C1CC(N)c2ccccc21. The summed E-state index contributed by atoms with van der Waals surface area (Å²) in [6, 6.07) is 18.6. The van der Waals surface area contributed by atoms with E-state index in [2.05, 4.69) is 60.4 Å². The van der Waals surface area contributed by atoms with Crippen LogP contribution >= 0.6 is 0 Å². The van der Waals surface area contributed by atoms with E-state index in [4.69, 9.17) is 5.73 Å². The molecule has 0 amide bonds. The van der Waals surface area contributed by atoms with Crippen molar-refractivity contribution in [2.45, 2.75) is 37.9 Å². The maximum Gasteiger partial charge on any atom is 0.0567 e. The molecule has 2 N–H and O–H groups in total. The third kappa shape index (κ3) is 1.61. The van der Waals surface area contributed by atoms with Crippen LogP contribution in [0, 0.1) is 0 Å². The lowest BCUT2D eigenvalue weighted by Crippen LogP contribution is -2.32. The van der Waals surface area contributed by atoms with E-state index in [-0.39, 0.29) is 6.04 Å². The number of para-hydroxylation sites is 1. The van der Waals surface area contributed by atoms with Gasteiger partial charge in [-0.25, -0.2) is 0 Å². The lowest BCUT2D eigenvalue weighted by molar-refractivity contribution is 0.528. The zero-order valence-corrected chi connectivity index (χ0v) is 11.8. The molecule has 1 aliphatic heterocycles. The molecule has 1 aliphatic carbocycles. The molecule has 1 heterocycles. The van der Waals surface area contributed by atoms with Crippen molar-refractivity contribution in [3.8, 4) is 0 Å². The zero-order valence-electron chi connectivity index (χ0n) is 11.8. The Morgan fingerprint density at radius 3 is 2.55 bits per heavy atom. The first kappa shape index (κ1) is 12.0. The molecule has 2 aromatic carbocycles. The van der Waals surface area contributed by atoms with Crippen LogP contribution in [0.3, 0.4) is 0 Å². The minimum atomic E-state index is 0.177. The van der Waals surface area contributed by atoms with Gasteiger partial charge in [0.15, 0.2) is 0 Å². The van der Waals surface area contributed by atoms with Crippen LogP contribution in [-0.4, -0.2) is 6.04 Å². The molecule has 2 nitrogen and oxygen atoms in total. The number of nitrogens with zero attached hydrogens (tertiary/aromatic N) is 1. The highest BCUT2D eigenvalue weighted by Gasteiger charge is 2.38.